The van der Waals surface area contributed by atoms with E-state index >= 15 is 0 Å². The van der Waals surface area contributed by atoms with Crippen LogP contribution < -0.4 is 0 Å². The van der Waals surface area contributed by atoms with E-state index in [9.17, 15) is 0 Å². The van der Waals surface area contributed by atoms with Crippen molar-refractivity contribution in [1.29, 1.82) is 0 Å². The van der Waals surface area contributed by atoms with Gasteiger partial charge in [-0.15, -0.1) is 0 Å². The van der Waals surface area contributed by atoms with Crippen molar-refractivity contribution in [2.45, 2.75) is 12.8 Å². The molecule has 0 saturated carbocycles. The molecule has 0 bridgehead atoms. The zero-order valence-electron chi connectivity index (χ0n) is 13.7. The molecule has 0 saturated heterocycles. The molecule has 0 aliphatic rings. The monoisotopic (exact) mass is 401 g/mol. The number of imidazole rings is 1. The van der Waals surface area contributed by atoms with Gasteiger partial charge in [-0.1, -0.05) is 46.9 Å². The van der Waals surface area contributed by atoms with Gasteiger partial charge in [-0.2, -0.15) is 5.10 Å². The molecule has 130 valence electrons. The van der Waals surface area contributed by atoms with Crippen LogP contribution in [0.3, 0.4) is 0 Å². The van der Waals surface area contributed by atoms with Crippen molar-refractivity contribution in [1.82, 2.24) is 14.6 Å². The maximum absolute atomic E-state index is 6.12. The Hall–Kier alpha value is -2.07. The van der Waals surface area contributed by atoms with Gasteiger partial charge in [0.1, 0.15) is 0 Å². The number of hydrogen-bond acceptors (Lipinski definition) is 2. The third-order valence-electron chi connectivity index (χ3n) is 4.13. The van der Waals surface area contributed by atoms with Gasteiger partial charge in [-0.3, -0.25) is 0 Å². The molecule has 2 heterocycles. The second-order valence-electron chi connectivity index (χ2n) is 6.03. The first-order valence-electron chi connectivity index (χ1n) is 8.13. The molecule has 0 aliphatic carbocycles. The summed E-state index contributed by atoms with van der Waals surface area (Å²) in [6.45, 7) is 0. The maximum Gasteiger partial charge on any atom is 0.154 e. The van der Waals surface area contributed by atoms with Gasteiger partial charge in [0.15, 0.2) is 5.65 Å². The van der Waals surface area contributed by atoms with Crippen molar-refractivity contribution in [3.05, 3.63) is 87.1 Å². The SMILES string of the molecule is Clc1cc(Cl)cc(CCc2ccc3ncc(-c4cccc(Cl)c4)n3n2)c1. The van der Waals surface area contributed by atoms with Crippen molar-refractivity contribution in [2.75, 3.05) is 0 Å². The van der Waals surface area contributed by atoms with E-state index in [0.717, 1.165) is 41.0 Å². The third kappa shape index (κ3) is 3.70. The second kappa shape index (κ2) is 7.28. The lowest BCUT2D eigenvalue weighted by molar-refractivity contribution is 0.828. The molecule has 0 amide bonds. The minimum absolute atomic E-state index is 0.647. The highest BCUT2D eigenvalue weighted by Gasteiger charge is 2.09. The molecular weight excluding hydrogens is 389 g/mol. The van der Waals surface area contributed by atoms with Crippen LogP contribution in [0.25, 0.3) is 16.9 Å². The van der Waals surface area contributed by atoms with Gasteiger partial charge in [0.2, 0.25) is 0 Å². The number of aryl methyl sites for hydroxylation is 2. The number of benzene rings is 2. The Morgan fingerprint density at radius 2 is 1.62 bits per heavy atom. The first-order valence-corrected chi connectivity index (χ1v) is 9.26. The summed E-state index contributed by atoms with van der Waals surface area (Å²) in [4.78, 5) is 4.43. The Balaban J connectivity index is 1.63. The number of nitrogens with zero attached hydrogens (tertiary/aromatic N) is 3. The zero-order chi connectivity index (χ0) is 18.1. The van der Waals surface area contributed by atoms with E-state index in [1.165, 1.54) is 0 Å². The number of halogens is 3. The van der Waals surface area contributed by atoms with E-state index in [1.54, 1.807) is 6.07 Å². The van der Waals surface area contributed by atoms with Crippen molar-refractivity contribution in [3.63, 3.8) is 0 Å². The molecule has 0 atom stereocenters. The van der Waals surface area contributed by atoms with Crippen LogP contribution in [0, 0.1) is 0 Å². The summed E-state index contributed by atoms with van der Waals surface area (Å²) >= 11 is 18.3. The van der Waals surface area contributed by atoms with E-state index in [1.807, 2.05) is 59.2 Å². The van der Waals surface area contributed by atoms with Crippen molar-refractivity contribution in [3.8, 4) is 11.3 Å². The van der Waals surface area contributed by atoms with Gasteiger partial charge in [0.05, 0.1) is 17.6 Å². The van der Waals surface area contributed by atoms with Crippen LogP contribution in [0.5, 0.6) is 0 Å². The lowest BCUT2D eigenvalue weighted by Crippen LogP contribution is -2.01. The quantitative estimate of drug-likeness (QED) is 0.410. The predicted molar refractivity (Wildman–Crippen MR) is 107 cm³/mol. The number of fused-ring (bicyclic) bond motifs is 1. The summed E-state index contributed by atoms with van der Waals surface area (Å²) in [7, 11) is 0. The molecule has 0 aliphatic heterocycles. The summed E-state index contributed by atoms with van der Waals surface area (Å²) < 4.78 is 1.85. The fourth-order valence-electron chi connectivity index (χ4n) is 2.92. The van der Waals surface area contributed by atoms with Gasteiger partial charge < -0.3 is 0 Å². The average molecular weight is 403 g/mol. The standard InChI is InChI=1S/C20H14Cl3N3/c21-15-3-1-2-14(10-15)19-12-24-20-7-6-18(25-26(19)20)5-4-13-8-16(22)11-17(23)9-13/h1-3,6-12H,4-5H2. The van der Waals surface area contributed by atoms with E-state index in [4.69, 9.17) is 39.9 Å². The van der Waals surface area contributed by atoms with E-state index in [-0.39, 0.29) is 0 Å². The van der Waals surface area contributed by atoms with Gasteiger partial charge >= 0.3 is 0 Å². The predicted octanol–water partition coefficient (Wildman–Crippen LogP) is 6.14. The molecule has 0 unspecified atom stereocenters. The molecule has 4 rings (SSSR count). The zero-order valence-corrected chi connectivity index (χ0v) is 15.9. The maximum atomic E-state index is 6.12. The Labute approximate surface area is 166 Å². The van der Waals surface area contributed by atoms with Crippen molar-refractivity contribution < 1.29 is 0 Å². The molecule has 0 spiro atoms. The van der Waals surface area contributed by atoms with Crippen molar-refractivity contribution >= 4 is 40.4 Å². The third-order valence-corrected chi connectivity index (χ3v) is 4.80. The smallest absolute Gasteiger partial charge is 0.154 e. The number of rotatable bonds is 4. The highest BCUT2D eigenvalue weighted by Crippen LogP contribution is 2.24. The van der Waals surface area contributed by atoms with Crippen LogP contribution in [0.15, 0.2) is 60.8 Å². The Kier molecular flexibility index (Phi) is 4.86. The molecule has 2 aromatic heterocycles. The Morgan fingerprint density at radius 3 is 2.38 bits per heavy atom. The van der Waals surface area contributed by atoms with E-state index in [0.29, 0.717) is 15.1 Å². The molecule has 0 fully saturated rings. The summed E-state index contributed by atoms with van der Waals surface area (Å²) in [6.07, 6.45) is 3.40. The van der Waals surface area contributed by atoms with Crippen LogP contribution >= 0.6 is 34.8 Å². The van der Waals surface area contributed by atoms with Crippen LogP contribution in [-0.4, -0.2) is 14.6 Å². The molecule has 0 radical (unpaired) electrons. The first-order chi connectivity index (χ1) is 12.6. The Bertz CT molecular complexity index is 1070. The van der Waals surface area contributed by atoms with Gasteiger partial charge in [0.25, 0.3) is 0 Å². The highest BCUT2D eigenvalue weighted by atomic mass is 35.5. The summed E-state index contributed by atoms with van der Waals surface area (Å²) in [5.41, 5.74) is 4.75. The molecule has 3 nitrogen and oxygen atoms in total. The van der Waals surface area contributed by atoms with E-state index < -0.39 is 0 Å². The molecule has 0 N–H and O–H groups in total. The number of hydrogen-bond donors (Lipinski definition) is 0. The van der Waals surface area contributed by atoms with Gasteiger partial charge in [-0.05, 0) is 60.9 Å². The lowest BCUT2D eigenvalue weighted by Gasteiger charge is -2.06. The molecule has 2 aromatic carbocycles. The molecule has 4 aromatic rings. The number of aromatic nitrogens is 3. The normalized spacial score (nSPS) is 11.2. The minimum atomic E-state index is 0.647. The first kappa shape index (κ1) is 17.3. The average Bonchev–Trinajstić information content (AvgIpc) is 3.02. The molecular formula is C20H14Cl3N3. The lowest BCUT2D eigenvalue weighted by atomic mass is 10.1. The summed E-state index contributed by atoms with van der Waals surface area (Å²) in [5.74, 6) is 0. The molecule has 6 heteroatoms. The fraction of sp³-hybridized carbons (Fsp3) is 0.100. The van der Waals surface area contributed by atoms with Gasteiger partial charge in [0, 0.05) is 20.6 Å². The second-order valence-corrected chi connectivity index (χ2v) is 7.34. The Morgan fingerprint density at radius 1 is 0.808 bits per heavy atom. The highest BCUT2D eigenvalue weighted by molar-refractivity contribution is 6.34. The van der Waals surface area contributed by atoms with Crippen LogP contribution in [0.1, 0.15) is 11.3 Å². The topological polar surface area (TPSA) is 30.2 Å². The minimum Gasteiger partial charge on any atom is -0.235 e. The largest absolute Gasteiger partial charge is 0.235 e. The fourth-order valence-corrected chi connectivity index (χ4v) is 3.68. The van der Waals surface area contributed by atoms with Crippen LogP contribution in [0.2, 0.25) is 15.1 Å². The molecule has 26 heavy (non-hydrogen) atoms. The van der Waals surface area contributed by atoms with Crippen molar-refractivity contribution in [2.24, 2.45) is 0 Å². The summed E-state index contributed by atoms with van der Waals surface area (Å²) in [5, 5.41) is 6.73. The van der Waals surface area contributed by atoms with E-state index in [2.05, 4.69) is 4.98 Å². The van der Waals surface area contributed by atoms with Gasteiger partial charge in [-0.25, -0.2) is 9.50 Å². The van der Waals surface area contributed by atoms with Crippen LogP contribution in [-0.2, 0) is 12.8 Å². The van der Waals surface area contributed by atoms with Crippen LogP contribution in [0.4, 0.5) is 0 Å². The summed E-state index contributed by atoms with van der Waals surface area (Å²) in [6, 6.07) is 17.2.